The summed E-state index contributed by atoms with van der Waals surface area (Å²) in [4.78, 5) is 60.2. The van der Waals surface area contributed by atoms with Crippen molar-refractivity contribution in [1.82, 2.24) is 5.32 Å². The summed E-state index contributed by atoms with van der Waals surface area (Å²) in [5, 5.41) is 5.03. The predicted molar refractivity (Wildman–Crippen MR) is 118 cm³/mol. The number of carbonyl (C=O) groups is 5. The molecule has 10 nitrogen and oxygen atoms in total. The molecule has 0 atom stereocenters. The molecule has 1 aromatic carbocycles. The van der Waals surface area contributed by atoms with Crippen molar-refractivity contribution in [3.05, 3.63) is 50.7 Å². The molecule has 2 aromatic rings. The lowest BCUT2D eigenvalue weighted by Gasteiger charge is -2.08. The molecular weight excluding hydrogens is 479 g/mol. The van der Waals surface area contributed by atoms with Gasteiger partial charge < -0.3 is 19.2 Å². The number of halogens is 2. The van der Waals surface area contributed by atoms with Gasteiger partial charge in [-0.2, -0.15) is 0 Å². The number of nitrogens with one attached hydrogen (secondary N) is 2. The molecule has 33 heavy (non-hydrogen) atoms. The Morgan fingerprint density at radius 2 is 1.73 bits per heavy atom. The minimum Gasteiger partial charge on any atom is -0.462 e. The van der Waals surface area contributed by atoms with Crippen molar-refractivity contribution in [3.8, 4) is 0 Å². The van der Waals surface area contributed by atoms with Crippen LogP contribution >= 0.6 is 23.2 Å². The van der Waals surface area contributed by atoms with Gasteiger partial charge in [-0.25, -0.2) is 4.79 Å². The van der Waals surface area contributed by atoms with Gasteiger partial charge in [0.25, 0.3) is 11.8 Å². The Bertz CT molecular complexity index is 1110. The minimum absolute atomic E-state index is 0.0224. The topological polar surface area (TPSA) is 141 Å². The number of furan rings is 1. The Morgan fingerprint density at radius 1 is 1.03 bits per heavy atom. The molecule has 0 aliphatic carbocycles. The van der Waals surface area contributed by atoms with E-state index in [2.05, 4.69) is 10.6 Å². The third-order valence-corrected chi connectivity index (χ3v) is 4.85. The number of anilines is 1. The van der Waals surface area contributed by atoms with E-state index >= 15 is 0 Å². The van der Waals surface area contributed by atoms with E-state index in [9.17, 15) is 24.0 Å². The molecule has 0 saturated heterocycles. The molecule has 0 saturated carbocycles. The van der Waals surface area contributed by atoms with E-state index in [1.165, 1.54) is 32.0 Å². The highest BCUT2D eigenvalue weighted by atomic mass is 35.5. The van der Waals surface area contributed by atoms with Crippen LogP contribution < -0.4 is 10.6 Å². The van der Waals surface area contributed by atoms with Gasteiger partial charge in [0.1, 0.15) is 17.9 Å². The maximum absolute atomic E-state index is 12.2. The fraction of sp³-hybridized carbons (Fsp3) is 0.286. The Balaban J connectivity index is 1.94. The van der Waals surface area contributed by atoms with Crippen molar-refractivity contribution < 1.29 is 37.9 Å². The lowest BCUT2D eigenvalue weighted by molar-refractivity contribution is -0.146. The van der Waals surface area contributed by atoms with Crippen LogP contribution in [0.2, 0.25) is 10.0 Å². The van der Waals surface area contributed by atoms with Gasteiger partial charge in [-0.1, -0.05) is 23.2 Å². The van der Waals surface area contributed by atoms with Gasteiger partial charge in [-0.05, 0) is 39.0 Å². The number of Topliss-reactive ketones (excluding diaryl/α,β-unsaturated/α-hetero) is 1. The van der Waals surface area contributed by atoms with E-state index in [0.717, 1.165) is 0 Å². The molecule has 12 heteroatoms. The van der Waals surface area contributed by atoms with E-state index in [1.54, 1.807) is 6.92 Å². The second-order valence-electron chi connectivity index (χ2n) is 6.53. The quantitative estimate of drug-likeness (QED) is 0.396. The van der Waals surface area contributed by atoms with E-state index in [0.29, 0.717) is 0 Å². The Morgan fingerprint density at radius 3 is 2.33 bits per heavy atom. The number of carbonyl (C=O) groups excluding carboxylic acids is 5. The Labute approximate surface area is 198 Å². The normalized spacial score (nSPS) is 10.3. The molecule has 0 aliphatic heterocycles. The number of ether oxygens (including phenoxy) is 2. The molecule has 0 unspecified atom stereocenters. The summed E-state index contributed by atoms with van der Waals surface area (Å²) in [5.74, 6) is -3.83. The van der Waals surface area contributed by atoms with Gasteiger partial charge in [0.05, 0.1) is 22.2 Å². The molecule has 1 aromatic heterocycles. The van der Waals surface area contributed by atoms with Gasteiger partial charge >= 0.3 is 11.9 Å². The molecule has 0 fully saturated rings. The van der Waals surface area contributed by atoms with Crippen LogP contribution in [0.5, 0.6) is 0 Å². The molecule has 2 N–H and O–H groups in total. The van der Waals surface area contributed by atoms with Gasteiger partial charge in [-0.3, -0.25) is 24.5 Å². The van der Waals surface area contributed by atoms with Gasteiger partial charge in [0.2, 0.25) is 5.88 Å². The monoisotopic (exact) mass is 498 g/mol. The van der Waals surface area contributed by atoms with Crippen LogP contribution in [0.1, 0.15) is 50.7 Å². The van der Waals surface area contributed by atoms with E-state index in [1.807, 2.05) is 0 Å². The molecule has 1 heterocycles. The van der Waals surface area contributed by atoms with Crippen molar-refractivity contribution in [2.75, 3.05) is 25.1 Å². The van der Waals surface area contributed by atoms with Crippen LogP contribution in [0.25, 0.3) is 0 Å². The molecule has 0 radical (unpaired) electrons. The summed E-state index contributed by atoms with van der Waals surface area (Å²) in [6.07, 6.45) is 0. The lowest BCUT2D eigenvalue weighted by atomic mass is 10.1. The number of amides is 2. The number of hydrogen-bond acceptors (Lipinski definition) is 8. The van der Waals surface area contributed by atoms with Gasteiger partial charge in [0.15, 0.2) is 12.4 Å². The fourth-order valence-corrected chi connectivity index (χ4v) is 3.00. The van der Waals surface area contributed by atoms with Crippen LogP contribution in [-0.2, 0) is 19.1 Å². The first kappa shape index (κ1) is 25.9. The number of esters is 2. The SMILES string of the molecule is CCOC(=O)c1c(NC(=O)COC(=O)CNC(=O)c2ccc(Cl)c(Cl)c2)oc(C)c1C(C)=O. The van der Waals surface area contributed by atoms with Crippen LogP contribution in [0.4, 0.5) is 5.88 Å². The van der Waals surface area contributed by atoms with Crippen LogP contribution in [-0.4, -0.2) is 49.3 Å². The zero-order valence-corrected chi connectivity index (χ0v) is 19.4. The van der Waals surface area contributed by atoms with Crippen molar-refractivity contribution in [2.24, 2.45) is 0 Å². The summed E-state index contributed by atoms with van der Waals surface area (Å²) in [7, 11) is 0. The van der Waals surface area contributed by atoms with Crippen molar-refractivity contribution in [3.63, 3.8) is 0 Å². The lowest BCUT2D eigenvalue weighted by Crippen LogP contribution is -2.32. The summed E-state index contributed by atoms with van der Waals surface area (Å²) >= 11 is 11.6. The number of ketones is 1. The third-order valence-electron chi connectivity index (χ3n) is 4.11. The second-order valence-corrected chi connectivity index (χ2v) is 7.35. The minimum atomic E-state index is -0.899. The first-order chi connectivity index (χ1) is 15.5. The molecular formula is C21H20Cl2N2O8. The Hall–Kier alpha value is -3.37. The van der Waals surface area contributed by atoms with Crippen LogP contribution in [0.15, 0.2) is 22.6 Å². The molecule has 0 aliphatic rings. The second kappa shape index (κ2) is 11.5. The molecule has 176 valence electrons. The number of rotatable bonds is 9. The fourth-order valence-electron chi connectivity index (χ4n) is 2.71. The zero-order chi connectivity index (χ0) is 24.7. The summed E-state index contributed by atoms with van der Waals surface area (Å²) in [5.41, 5.74) is -0.0722. The van der Waals surface area contributed by atoms with Crippen LogP contribution in [0, 0.1) is 6.92 Å². The molecule has 0 spiro atoms. The van der Waals surface area contributed by atoms with Gasteiger partial charge in [-0.15, -0.1) is 0 Å². The van der Waals surface area contributed by atoms with Crippen molar-refractivity contribution >= 4 is 58.6 Å². The maximum atomic E-state index is 12.2. The number of benzene rings is 1. The first-order valence-electron chi connectivity index (χ1n) is 9.55. The standard InChI is InChI=1S/C21H20Cl2N2O8/c1-4-31-21(30)18-17(10(2)26)11(3)33-20(18)25-15(27)9-32-16(28)8-24-19(29)12-5-6-13(22)14(23)7-12/h5-7H,4,8-9H2,1-3H3,(H,24,29)(H,25,27). The number of hydrogen-bond donors (Lipinski definition) is 2. The summed E-state index contributed by atoms with van der Waals surface area (Å²) in [6, 6.07) is 4.18. The highest BCUT2D eigenvalue weighted by Gasteiger charge is 2.29. The third kappa shape index (κ3) is 6.80. The molecule has 0 bridgehead atoms. The highest BCUT2D eigenvalue weighted by molar-refractivity contribution is 6.42. The van der Waals surface area contributed by atoms with E-state index in [-0.39, 0.29) is 45.0 Å². The average molecular weight is 499 g/mol. The summed E-state index contributed by atoms with van der Waals surface area (Å²) < 4.78 is 15.0. The van der Waals surface area contributed by atoms with Crippen molar-refractivity contribution in [1.29, 1.82) is 0 Å². The smallest absolute Gasteiger partial charge is 0.344 e. The van der Waals surface area contributed by atoms with E-state index < -0.39 is 42.7 Å². The van der Waals surface area contributed by atoms with Crippen LogP contribution in [0.3, 0.4) is 0 Å². The summed E-state index contributed by atoms with van der Waals surface area (Å²) in [6.45, 7) is 3.05. The van der Waals surface area contributed by atoms with E-state index in [4.69, 9.17) is 37.1 Å². The highest BCUT2D eigenvalue weighted by Crippen LogP contribution is 2.28. The first-order valence-corrected chi connectivity index (χ1v) is 10.3. The van der Waals surface area contributed by atoms with Crippen molar-refractivity contribution in [2.45, 2.75) is 20.8 Å². The number of aryl methyl sites for hydroxylation is 1. The predicted octanol–water partition coefficient (Wildman–Crippen LogP) is 3.19. The largest absolute Gasteiger partial charge is 0.462 e. The Kier molecular flexibility index (Phi) is 9.01. The molecule has 2 amide bonds. The zero-order valence-electron chi connectivity index (χ0n) is 17.9. The van der Waals surface area contributed by atoms with Gasteiger partial charge in [0, 0.05) is 5.56 Å². The average Bonchev–Trinajstić information content (AvgIpc) is 3.08. The maximum Gasteiger partial charge on any atom is 0.344 e. The molecule has 2 rings (SSSR count).